The molecule has 1 aliphatic heterocycles. The van der Waals surface area contributed by atoms with Gasteiger partial charge in [0.2, 0.25) is 5.91 Å². The van der Waals surface area contributed by atoms with Gasteiger partial charge >= 0.3 is 0 Å². The number of hydrogen-bond donors (Lipinski definition) is 2. The number of nitrogens with zero attached hydrogens (tertiary/aromatic N) is 2. The van der Waals surface area contributed by atoms with Crippen molar-refractivity contribution in [3.05, 3.63) is 0 Å². The minimum atomic E-state index is 0.142. The van der Waals surface area contributed by atoms with Gasteiger partial charge in [0, 0.05) is 26.2 Å². The monoisotopic (exact) mass is 228 g/mol. The van der Waals surface area contributed by atoms with Crippen molar-refractivity contribution in [1.29, 1.82) is 0 Å². The molecule has 2 N–H and O–H groups in total. The van der Waals surface area contributed by atoms with Gasteiger partial charge < -0.3 is 15.5 Å². The Kier molecular flexibility index (Phi) is 6.37. The lowest BCUT2D eigenvalue weighted by atomic mass is 10.4. The van der Waals surface area contributed by atoms with Crippen LogP contribution in [-0.2, 0) is 4.79 Å². The molecule has 0 spiro atoms. The highest BCUT2D eigenvalue weighted by Gasteiger charge is 2.11. The van der Waals surface area contributed by atoms with Crippen LogP contribution in [0.25, 0.3) is 0 Å². The number of carbonyl (C=O) groups is 1. The third kappa shape index (κ3) is 6.05. The van der Waals surface area contributed by atoms with Crippen LogP contribution in [0.1, 0.15) is 6.42 Å². The summed E-state index contributed by atoms with van der Waals surface area (Å²) in [5.74, 6) is 0.142. The van der Waals surface area contributed by atoms with Gasteiger partial charge in [-0.25, -0.2) is 0 Å². The number of rotatable bonds is 5. The van der Waals surface area contributed by atoms with Crippen molar-refractivity contribution in [3.8, 4) is 0 Å². The highest BCUT2D eigenvalue weighted by atomic mass is 16.2. The zero-order chi connectivity index (χ0) is 11.8. The first-order chi connectivity index (χ1) is 7.68. The molecular formula is C11H24N4O. The van der Waals surface area contributed by atoms with Crippen LogP contribution >= 0.6 is 0 Å². The van der Waals surface area contributed by atoms with Crippen molar-refractivity contribution >= 4 is 5.91 Å². The van der Waals surface area contributed by atoms with E-state index in [2.05, 4.69) is 20.4 Å². The number of hydrogen-bond acceptors (Lipinski definition) is 4. The number of nitrogens with one attached hydrogen (secondary N) is 2. The van der Waals surface area contributed by atoms with Crippen LogP contribution in [-0.4, -0.2) is 75.6 Å². The zero-order valence-electron chi connectivity index (χ0n) is 10.5. The predicted octanol–water partition coefficient (Wildman–Crippen LogP) is -1.04. The third-order valence-corrected chi connectivity index (χ3v) is 2.68. The molecule has 0 unspecified atom stereocenters. The van der Waals surface area contributed by atoms with E-state index in [1.54, 1.807) is 0 Å². The highest BCUT2D eigenvalue weighted by molar-refractivity contribution is 5.77. The van der Waals surface area contributed by atoms with Crippen molar-refractivity contribution in [1.82, 2.24) is 20.4 Å². The maximum absolute atomic E-state index is 11.6. The molecule has 0 radical (unpaired) electrons. The van der Waals surface area contributed by atoms with Crippen LogP contribution in [0.4, 0.5) is 0 Å². The van der Waals surface area contributed by atoms with E-state index in [1.165, 1.54) is 0 Å². The lowest BCUT2D eigenvalue weighted by Crippen LogP contribution is -2.40. The maximum Gasteiger partial charge on any atom is 0.234 e. The lowest BCUT2D eigenvalue weighted by molar-refractivity contribution is -0.122. The summed E-state index contributed by atoms with van der Waals surface area (Å²) in [7, 11) is 4.01. The molecule has 1 rings (SSSR count). The molecule has 1 fully saturated rings. The topological polar surface area (TPSA) is 47.6 Å². The smallest absolute Gasteiger partial charge is 0.234 e. The van der Waals surface area contributed by atoms with Crippen LogP contribution < -0.4 is 10.6 Å². The molecule has 0 aliphatic carbocycles. The van der Waals surface area contributed by atoms with E-state index in [4.69, 9.17) is 0 Å². The van der Waals surface area contributed by atoms with Gasteiger partial charge in [-0.05, 0) is 33.6 Å². The predicted molar refractivity (Wildman–Crippen MR) is 65.5 cm³/mol. The molecule has 1 saturated heterocycles. The van der Waals surface area contributed by atoms with E-state index in [-0.39, 0.29) is 5.91 Å². The maximum atomic E-state index is 11.6. The molecule has 0 saturated carbocycles. The molecule has 0 aromatic carbocycles. The standard InChI is InChI=1S/C11H24N4O/c1-14(2)8-6-13-11(16)10-15-7-3-4-12-5-9-15/h12H,3-10H2,1-2H3,(H,13,16). The summed E-state index contributed by atoms with van der Waals surface area (Å²) in [6, 6.07) is 0. The Balaban J connectivity index is 2.12. The van der Waals surface area contributed by atoms with Crippen molar-refractivity contribution in [3.63, 3.8) is 0 Å². The van der Waals surface area contributed by atoms with E-state index in [0.717, 1.165) is 45.7 Å². The van der Waals surface area contributed by atoms with Crippen LogP contribution in [0.2, 0.25) is 0 Å². The largest absolute Gasteiger partial charge is 0.354 e. The molecule has 0 bridgehead atoms. The lowest BCUT2D eigenvalue weighted by Gasteiger charge is -2.19. The van der Waals surface area contributed by atoms with E-state index >= 15 is 0 Å². The van der Waals surface area contributed by atoms with Crippen molar-refractivity contribution in [2.45, 2.75) is 6.42 Å². The first-order valence-corrected chi connectivity index (χ1v) is 6.03. The summed E-state index contributed by atoms with van der Waals surface area (Å²) in [6.45, 7) is 6.22. The van der Waals surface area contributed by atoms with Gasteiger partial charge in [0.15, 0.2) is 0 Å². The fourth-order valence-electron chi connectivity index (χ4n) is 1.74. The minimum Gasteiger partial charge on any atom is -0.354 e. The van der Waals surface area contributed by atoms with Crippen LogP contribution in [0.3, 0.4) is 0 Å². The van der Waals surface area contributed by atoms with Gasteiger partial charge in [-0.3, -0.25) is 9.69 Å². The Morgan fingerprint density at radius 2 is 2.19 bits per heavy atom. The Labute approximate surface area is 98.2 Å². The SMILES string of the molecule is CN(C)CCNC(=O)CN1CCCNCC1. The number of likely N-dealkylation sites (N-methyl/N-ethyl adjacent to an activating group) is 1. The first kappa shape index (κ1) is 13.4. The van der Waals surface area contributed by atoms with Gasteiger partial charge in [-0.15, -0.1) is 0 Å². The Hall–Kier alpha value is -0.650. The summed E-state index contributed by atoms with van der Waals surface area (Å²) in [5, 5.41) is 6.27. The van der Waals surface area contributed by atoms with Gasteiger partial charge in [-0.2, -0.15) is 0 Å². The zero-order valence-corrected chi connectivity index (χ0v) is 10.5. The van der Waals surface area contributed by atoms with Crippen LogP contribution in [0.5, 0.6) is 0 Å². The van der Waals surface area contributed by atoms with Crippen molar-refractivity contribution < 1.29 is 4.79 Å². The third-order valence-electron chi connectivity index (χ3n) is 2.68. The minimum absolute atomic E-state index is 0.142. The van der Waals surface area contributed by atoms with Gasteiger partial charge in [0.25, 0.3) is 0 Å². The molecule has 1 heterocycles. The molecule has 1 amide bonds. The van der Waals surface area contributed by atoms with E-state index in [0.29, 0.717) is 6.54 Å². The molecular weight excluding hydrogens is 204 g/mol. The molecule has 0 atom stereocenters. The Morgan fingerprint density at radius 3 is 2.94 bits per heavy atom. The second-order valence-corrected chi connectivity index (χ2v) is 4.53. The van der Waals surface area contributed by atoms with E-state index < -0.39 is 0 Å². The Morgan fingerprint density at radius 1 is 1.38 bits per heavy atom. The summed E-state index contributed by atoms with van der Waals surface area (Å²) < 4.78 is 0. The highest BCUT2D eigenvalue weighted by Crippen LogP contribution is 1.94. The first-order valence-electron chi connectivity index (χ1n) is 6.03. The number of carbonyl (C=O) groups excluding carboxylic acids is 1. The van der Waals surface area contributed by atoms with E-state index in [1.807, 2.05) is 14.1 Å². The molecule has 16 heavy (non-hydrogen) atoms. The summed E-state index contributed by atoms with van der Waals surface area (Å²) in [4.78, 5) is 15.9. The second kappa shape index (κ2) is 7.60. The molecule has 5 nitrogen and oxygen atoms in total. The molecule has 5 heteroatoms. The fraction of sp³-hybridized carbons (Fsp3) is 0.909. The van der Waals surface area contributed by atoms with E-state index in [9.17, 15) is 4.79 Å². The average molecular weight is 228 g/mol. The normalized spacial score (nSPS) is 18.4. The van der Waals surface area contributed by atoms with Gasteiger partial charge in [0.05, 0.1) is 6.54 Å². The van der Waals surface area contributed by atoms with Gasteiger partial charge in [-0.1, -0.05) is 0 Å². The van der Waals surface area contributed by atoms with Gasteiger partial charge in [0.1, 0.15) is 0 Å². The van der Waals surface area contributed by atoms with Crippen LogP contribution in [0.15, 0.2) is 0 Å². The van der Waals surface area contributed by atoms with Crippen molar-refractivity contribution in [2.24, 2.45) is 0 Å². The summed E-state index contributed by atoms with van der Waals surface area (Å²) >= 11 is 0. The number of amides is 1. The average Bonchev–Trinajstić information content (AvgIpc) is 2.45. The Bertz CT molecular complexity index is 200. The molecule has 0 aromatic rings. The molecule has 94 valence electrons. The quantitative estimate of drug-likeness (QED) is 0.631. The fourth-order valence-corrected chi connectivity index (χ4v) is 1.74. The van der Waals surface area contributed by atoms with Crippen LogP contribution in [0, 0.1) is 0 Å². The van der Waals surface area contributed by atoms with Crippen molar-refractivity contribution in [2.75, 3.05) is 59.9 Å². The second-order valence-electron chi connectivity index (χ2n) is 4.53. The summed E-state index contributed by atoms with van der Waals surface area (Å²) in [5.41, 5.74) is 0. The molecule has 0 aromatic heterocycles. The molecule has 1 aliphatic rings. The summed E-state index contributed by atoms with van der Waals surface area (Å²) in [6.07, 6.45) is 1.13.